The van der Waals surface area contributed by atoms with Crippen molar-refractivity contribution >= 4 is 29.2 Å². The molecular formula is C23H24N6O3. The molecule has 0 bridgehead atoms. The summed E-state index contributed by atoms with van der Waals surface area (Å²) < 4.78 is 10.5. The fourth-order valence-corrected chi connectivity index (χ4v) is 3.61. The van der Waals surface area contributed by atoms with E-state index in [2.05, 4.69) is 15.3 Å². The van der Waals surface area contributed by atoms with Gasteiger partial charge in [-0.15, -0.1) is 0 Å². The molecule has 0 unspecified atom stereocenters. The SMILES string of the molecule is COCCOc1ccc(Nc2ncc3c(n2)N(c2ccccc2)C(=O)N(C2CC2)C3)cn1. The van der Waals surface area contributed by atoms with E-state index in [4.69, 9.17) is 14.5 Å². The van der Waals surface area contributed by atoms with Crippen molar-refractivity contribution in [1.29, 1.82) is 0 Å². The number of benzene rings is 1. The Bertz CT molecular complexity index is 1090. The van der Waals surface area contributed by atoms with Gasteiger partial charge in [-0.25, -0.2) is 19.7 Å². The monoisotopic (exact) mass is 432 g/mol. The summed E-state index contributed by atoms with van der Waals surface area (Å²) in [7, 11) is 1.62. The molecule has 3 aromatic rings. The molecule has 3 heterocycles. The average Bonchev–Trinajstić information content (AvgIpc) is 3.66. The molecule has 0 radical (unpaired) electrons. The molecule has 2 aliphatic rings. The number of methoxy groups -OCH3 is 1. The van der Waals surface area contributed by atoms with Gasteiger partial charge in [-0.1, -0.05) is 18.2 Å². The van der Waals surface area contributed by atoms with E-state index in [9.17, 15) is 4.79 Å². The average molecular weight is 432 g/mol. The van der Waals surface area contributed by atoms with Gasteiger partial charge in [0, 0.05) is 31.0 Å². The molecule has 0 saturated heterocycles. The first-order valence-electron chi connectivity index (χ1n) is 10.6. The van der Waals surface area contributed by atoms with E-state index < -0.39 is 0 Å². The highest BCUT2D eigenvalue weighted by atomic mass is 16.5. The second-order valence-corrected chi connectivity index (χ2v) is 7.71. The molecule has 9 heteroatoms. The van der Waals surface area contributed by atoms with E-state index >= 15 is 0 Å². The lowest BCUT2D eigenvalue weighted by molar-refractivity contribution is 0.144. The van der Waals surface area contributed by atoms with Crippen molar-refractivity contribution in [2.75, 3.05) is 30.5 Å². The molecule has 5 rings (SSSR count). The molecule has 9 nitrogen and oxygen atoms in total. The first-order valence-corrected chi connectivity index (χ1v) is 10.6. The second kappa shape index (κ2) is 8.80. The van der Waals surface area contributed by atoms with Crippen molar-refractivity contribution < 1.29 is 14.3 Å². The fourth-order valence-electron chi connectivity index (χ4n) is 3.61. The smallest absolute Gasteiger partial charge is 0.330 e. The van der Waals surface area contributed by atoms with Gasteiger partial charge in [-0.05, 0) is 31.0 Å². The number of para-hydroxylation sites is 1. The maximum Gasteiger partial charge on any atom is 0.330 e. The van der Waals surface area contributed by atoms with Crippen LogP contribution in [0.15, 0.2) is 54.9 Å². The van der Waals surface area contributed by atoms with Crippen molar-refractivity contribution in [1.82, 2.24) is 19.9 Å². The lowest BCUT2D eigenvalue weighted by Gasteiger charge is -2.36. The summed E-state index contributed by atoms with van der Waals surface area (Å²) >= 11 is 0. The number of hydrogen-bond donors (Lipinski definition) is 1. The number of nitrogens with zero attached hydrogens (tertiary/aromatic N) is 5. The number of nitrogens with one attached hydrogen (secondary N) is 1. The van der Waals surface area contributed by atoms with Crippen molar-refractivity contribution in [2.24, 2.45) is 0 Å². The molecule has 1 fully saturated rings. The summed E-state index contributed by atoms with van der Waals surface area (Å²) in [6, 6.07) is 13.5. The van der Waals surface area contributed by atoms with E-state index in [0.717, 1.165) is 29.8 Å². The number of urea groups is 1. The van der Waals surface area contributed by atoms with Crippen LogP contribution in [0.5, 0.6) is 5.88 Å². The number of hydrogen-bond acceptors (Lipinski definition) is 7. The molecule has 1 N–H and O–H groups in total. The molecule has 2 amide bonds. The van der Waals surface area contributed by atoms with Crippen LogP contribution in [0.25, 0.3) is 0 Å². The highest BCUT2D eigenvalue weighted by Gasteiger charge is 2.40. The number of carbonyl (C=O) groups excluding carboxylic acids is 1. The number of carbonyl (C=O) groups is 1. The molecule has 1 aliphatic heterocycles. The molecule has 32 heavy (non-hydrogen) atoms. The third-order valence-electron chi connectivity index (χ3n) is 5.36. The lowest BCUT2D eigenvalue weighted by Crippen LogP contribution is -2.46. The largest absolute Gasteiger partial charge is 0.475 e. The molecule has 2 aromatic heterocycles. The summed E-state index contributed by atoms with van der Waals surface area (Å²) in [6.07, 6.45) is 5.53. The number of fused-ring (bicyclic) bond motifs is 1. The van der Waals surface area contributed by atoms with Gasteiger partial charge < -0.3 is 19.7 Å². The Morgan fingerprint density at radius 3 is 2.62 bits per heavy atom. The minimum atomic E-state index is -0.0462. The normalized spacial score (nSPS) is 15.5. The van der Waals surface area contributed by atoms with Crippen LogP contribution in [0, 0.1) is 0 Å². The van der Waals surface area contributed by atoms with Crippen LogP contribution >= 0.6 is 0 Å². The standard InChI is InChI=1S/C23H24N6O3/c1-31-11-12-32-20-10-7-17(14-24-20)26-22-25-13-16-15-28(18-8-9-18)23(30)29(21(16)27-22)19-5-3-2-4-6-19/h2-7,10,13-14,18H,8-9,11-12,15H2,1H3,(H,25,26,27). The van der Waals surface area contributed by atoms with Crippen LogP contribution in [0.4, 0.5) is 27.9 Å². The number of rotatable bonds is 8. The summed E-state index contributed by atoms with van der Waals surface area (Å²) in [4.78, 5) is 30.4. The van der Waals surface area contributed by atoms with Crippen LogP contribution in [0.2, 0.25) is 0 Å². The lowest BCUT2D eigenvalue weighted by atomic mass is 10.2. The minimum Gasteiger partial charge on any atom is -0.475 e. The third kappa shape index (κ3) is 4.19. The van der Waals surface area contributed by atoms with Gasteiger partial charge in [-0.3, -0.25) is 0 Å². The van der Waals surface area contributed by atoms with E-state index in [1.807, 2.05) is 41.3 Å². The Hall–Kier alpha value is -3.72. The zero-order chi connectivity index (χ0) is 21.9. The predicted molar refractivity (Wildman–Crippen MR) is 119 cm³/mol. The third-order valence-corrected chi connectivity index (χ3v) is 5.36. The van der Waals surface area contributed by atoms with Crippen LogP contribution in [-0.2, 0) is 11.3 Å². The molecule has 0 atom stereocenters. The molecular weight excluding hydrogens is 408 g/mol. The predicted octanol–water partition coefficient (Wildman–Crippen LogP) is 3.88. The molecule has 1 saturated carbocycles. The van der Waals surface area contributed by atoms with Gasteiger partial charge >= 0.3 is 6.03 Å². The molecule has 164 valence electrons. The summed E-state index contributed by atoms with van der Waals surface area (Å²) in [5, 5.41) is 3.17. The number of anilines is 4. The highest BCUT2D eigenvalue weighted by Crippen LogP contribution is 2.39. The zero-order valence-electron chi connectivity index (χ0n) is 17.8. The van der Waals surface area contributed by atoms with Crippen LogP contribution in [-0.4, -0.2) is 52.2 Å². The van der Waals surface area contributed by atoms with Gasteiger partial charge in [0.2, 0.25) is 11.8 Å². The number of ether oxygens (including phenoxy) is 2. The van der Waals surface area contributed by atoms with Crippen molar-refractivity contribution in [3.63, 3.8) is 0 Å². The van der Waals surface area contributed by atoms with Crippen molar-refractivity contribution in [2.45, 2.75) is 25.4 Å². The Morgan fingerprint density at radius 2 is 1.91 bits per heavy atom. The van der Waals surface area contributed by atoms with Crippen molar-refractivity contribution in [3.8, 4) is 5.88 Å². The van der Waals surface area contributed by atoms with Gasteiger partial charge in [-0.2, -0.15) is 4.98 Å². The maximum absolute atomic E-state index is 13.3. The van der Waals surface area contributed by atoms with Gasteiger partial charge in [0.15, 0.2) is 5.82 Å². The second-order valence-electron chi connectivity index (χ2n) is 7.71. The van der Waals surface area contributed by atoms with Crippen LogP contribution in [0.3, 0.4) is 0 Å². The minimum absolute atomic E-state index is 0.0462. The van der Waals surface area contributed by atoms with E-state index in [1.165, 1.54) is 0 Å². The molecule has 1 aliphatic carbocycles. The Morgan fingerprint density at radius 1 is 1.06 bits per heavy atom. The summed E-state index contributed by atoms with van der Waals surface area (Å²) in [5.74, 6) is 1.51. The first kappa shape index (κ1) is 20.2. The maximum atomic E-state index is 13.3. The Kier molecular flexibility index (Phi) is 5.55. The van der Waals surface area contributed by atoms with Gasteiger partial charge in [0.05, 0.1) is 30.7 Å². The molecule has 0 spiro atoms. The summed E-state index contributed by atoms with van der Waals surface area (Å²) in [6.45, 7) is 1.46. The van der Waals surface area contributed by atoms with Gasteiger partial charge in [0.25, 0.3) is 0 Å². The van der Waals surface area contributed by atoms with E-state index in [0.29, 0.717) is 43.4 Å². The van der Waals surface area contributed by atoms with Crippen LogP contribution < -0.4 is 15.0 Å². The molecule has 1 aromatic carbocycles. The zero-order valence-corrected chi connectivity index (χ0v) is 17.8. The summed E-state index contributed by atoms with van der Waals surface area (Å²) in [5.41, 5.74) is 2.43. The van der Waals surface area contributed by atoms with Crippen molar-refractivity contribution in [3.05, 3.63) is 60.4 Å². The van der Waals surface area contributed by atoms with E-state index in [-0.39, 0.29) is 6.03 Å². The Labute approximate surface area is 186 Å². The topological polar surface area (TPSA) is 92.7 Å². The quantitative estimate of drug-likeness (QED) is 0.540. The first-order chi connectivity index (χ1) is 15.7. The van der Waals surface area contributed by atoms with E-state index in [1.54, 1.807) is 30.5 Å². The highest BCUT2D eigenvalue weighted by molar-refractivity contribution is 6.01. The number of pyridine rings is 1. The fraction of sp³-hybridized carbons (Fsp3) is 0.304. The number of amides is 2. The number of aromatic nitrogens is 3. The van der Waals surface area contributed by atoms with Gasteiger partial charge in [0.1, 0.15) is 6.61 Å². The van der Waals surface area contributed by atoms with Crippen LogP contribution in [0.1, 0.15) is 18.4 Å². The Balaban J connectivity index is 1.40.